The number of thiazole rings is 1. The molecule has 1 saturated heterocycles. The molecule has 2 aliphatic rings. The van der Waals surface area contributed by atoms with Crippen molar-refractivity contribution in [3.05, 3.63) is 36.0 Å². The third-order valence-electron chi connectivity index (χ3n) is 6.83. The number of hydrogen-bond acceptors (Lipinski definition) is 7. The van der Waals surface area contributed by atoms with Crippen molar-refractivity contribution in [2.45, 2.75) is 66.4 Å². The summed E-state index contributed by atoms with van der Waals surface area (Å²) in [6.45, 7) is 1.69. The van der Waals surface area contributed by atoms with Gasteiger partial charge in [0.15, 0.2) is 15.0 Å². The second kappa shape index (κ2) is 11.9. The first-order valence-corrected chi connectivity index (χ1v) is 16.0. The molecular weight excluding hydrogens is 502 g/mol. The van der Waals surface area contributed by atoms with Gasteiger partial charge in [0.25, 0.3) is 0 Å². The van der Waals surface area contributed by atoms with Gasteiger partial charge in [-0.15, -0.1) is 11.8 Å². The molecule has 1 atom stereocenters. The van der Waals surface area contributed by atoms with Crippen LogP contribution in [0.1, 0.15) is 62.8 Å². The normalized spacial score (nSPS) is 17.9. The van der Waals surface area contributed by atoms with Crippen molar-refractivity contribution >= 4 is 49.9 Å². The second-order valence-corrected chi connectivity index (χ2v) is 13.8. The fourth-order valence-corrected chi connectivity index (χ4v) is 7.27. The molecule has 1 aromatic carbocycles. The van der Waals surface area contributed by atoms with Gasteiger partial charge in [-0.1, -0.05) is 49.2 Å². The van der Waals surface area contributed by atoms with Gasteiger partial charge in [0.2, 0.25) is 11.8 Å². The van der Waals surface area contributed by atoms with E-state index in [0.29, 0.717) is 16.8 Å². The van der Waals surface area contributed by atoms with Crippen molar-refractivity contribution < 1.29 is 18.0 Å². The van der Waals surface area contributed by atoms with Crippen LogP contribution in [0.3, 0.4) is 0 Å². The average molecular weight is 536 g/mol. The molecule has 1 aromatic heterocycles. The van der Waals surface area contributed by atoms with Crippen molar-refractivity contribution in [1.82, 2.24) is 9.88 Å². The maximum absolute atomic E-state index is 13.3. The molecule has 10 heteroatoms. The van der Waals surface area contributed by atoms with E-state index in [9.17, 15) is 18.0 Å². The lowest BCUT2D eigenvalue weighted by Gasteiger charge is -2.26. The van der Waals surface area contributed by atoms with E-state index >= 15 is 0 Å². The van der Waals surface area contributed by atoms with Crippen molar-refractivity contribution in [2.75, 3.05) is 30.4 Å². The van der Waals surface area contributed by atoms with E-state index in [4.69, 9.17) is 0 Å². The van der Waals surface area contributed by atoms with Crippen LogP contribution in [0.25, 0.3) is 0 Å². The van der Waals surface area contributed by atoms with Crippen molar-refractivity contribution in [3.8, 4) is 0 Å². The number of hydrogen-bond donors (Lipinski definition) is 1. The minimum atomic E-state index is -3.29. The van der Waals surface area contributed by atoms with Crippen LogP contribution in [0.5, 0.6) is 0 Å². The molecule has 1 saturated carbocycles. The van der Waals surface area contributed by atoms with E-state index in [2.05, 4.69) is 10.3 Å². The molecule has 1 aliphatic carbocycles. The van der Waals surface area contributed by atoms with Crippen molar-refractivity contribution in [3.63, 3.8) is 0 Å². The quantitative estimate of drug-likeness (QED) is 0.456. The predicted octanol–water partition coefficient (Wildman–Crippen LogP) is 4.95. The van der Waals surface area contributed by atoms with Crippen molar-refractivity contribution in [1.29, 1.82) is 0 Å². The number of anilines is 1. The molecule has 4 rings (SSSR count). The molecule has 1 N–H and O–H groups in total. The molecule has 2 heterocycles. The summed E-state index contributed by atoms with van der Waals surface area (Å²) in [7, 11) is -3.29. The Kier molecular flexibility index (Phi) is 8.88. The van der Waals surface area contributed by atoms with Crippen LogP contribution in [0.4, 0.5) is 5.13 Å². The summed E-state index contributed by atoms with van der Waals surface area (Å²) in [5.74, 6) is 0.533. The molecule has 190 valence electrons. The van der Waals surface area contributed by atoms with Crippen LogP contribution >= 0.6 is 23.1 Å². The third kappa shape index (κ3) is 7.30. The van der Waals surface area contributed by atoms with E-state index < -0.39 is 9.84 Å². The van der Waals surface area contributed by atoms with Gasteiger partial charge in [0.05, 0.1) is 27.0 Å². The first-order chi connectivity index (χ1) is 16.8. The van der Waals surface area contributed by atoms with Gasteiger partial charge in [-0.3, -0.25) is 9.59 Å². The lowest BCUT2D eigenvalue weighted by atomic mass is 9.87. The Hall–Kier alpha value is -1.91. The number of nitrogens with zero attached hydrogens (tertiary/aromatic N) is 2. The lowest BCUT2D eigenvalue weighted by molar-refractivity contribution is -0.129. The first-order valence-electron chi connectivity index (χ1n) is 12.3. The molecule has 2 amide bonds. The van der Waals surface area contributed by atoms with Gasteiger partial charge in [-0.05, 0) is 49.3 Å². The molecular formula is C25H33N3O4S3. The van der Waals surface area contributed by atoms with Gasteiger partial charge in [0.1, 0.15) is 0 Å². The van der Waals surface area contributed by atoms with Gasteiger partial charge in [-0.25, -0.2) is 13.4 Å². The zero-order chi connectivity index (χ0) is 24.8. The Morgan fingerprint density at radius 2 is 1.80 bits per heavy atom. The SMILES string of the molecule is CS(=O)(=O)c1ccc([C@@H](CC2CCCC2)C(=O)Nc2ncc(SCC(=O)N3CCCCC3)s2)cc1. The number of rotatable bonds is 9. The molecule has 0 bridgehead atoms. The van der Waals surface area contributed by atoms with Gasteiger partial charge >= 0.3 is 0 Å². The molecule has 0 unspecified atom stereocenters. The third-order valence-corrected chi connectivity index (χ3v) is 10.1. The summed E-state index contributed by atoms with van der Waals surface area (Å²) in [5, 5.41) is 3.49. The highest BCUT2D eigenvalue weighted by Crippen LogP contribution is 2.36. The minimum Gasteiger partial charge on any atom is -0.342 e. The summed E-state index contributed by atoms with van der Waals surface area (Å²) in [6.07, 6.45) is 11.6. The number of carbonyl (C=O) groups excluding carboxylic acids is 2. The maximum Gasteiger partial charge on any atom is 0.233 e. The van der Waals surface area contributed by atoms with Crippen LogP contribution in [0.2, 0.25) is 0 Å². The average Bonchev–Trinajstić information content (AvgIpc) is 3.53. The fourth-order valence-electron chi connectivity index (χ4n) is 4.87. The number of piperidine rings is 1. The number of carbonyl (C=O) groups is 2. The number of nitrogens with one attached hydrogen (secondary N) is 1. The summed E-state index contributed by atoms with van der Waals surface area (Å²) in [4.78, 5) is 32.3. The number of amides is 2. The largest absolute Gasteiger partial charge is 0.342 e. The maximum atomic E-state index is 13.3. The lowest BCUT2D eigenvalue weighted by Crippen LogP contribution is -2.36. The summed E-state index contributed by atoms with van der Waals surface area (Å²) < 4.78 is 24.6. The zero-order valence-corrected chi connectivity index (χ0v) is 22.5. The van der Waals surface area contributed by atoms with Gasteiger partial charge in [0, 0.05) is 19.3 Å². The number of aromatic nitrogens is 1. The summed E-state index contributed by atoms with van der Waals surface area (Å²) >= 11 is 2.84. The highest BCUT2D eigenvalue weighted by atomic mass is 32.2. The van der Waals surface area contributed by atoms with E-state index in [1.165, 1.54) is 48.6 Å². The van der Waals surface area contributed by atoms with Crippen molar-refractivity contribution in [2.24, 2.45) is 5.92 Å². The number of benzene rings is 1. The van der Waals surface area contributed by atoms with Gasteiger partial charge in [-0.2, -0.15) is 0 Å². The Bertz CT molecular complexity index is 1120. The summed E-state index contributed by atoms with van der Waals surface area (Å²) in [5.41, 5.74) is 0.820. The Morgan fingerprint density at radius 1 is 1.11 bits per heavy atom. The minimum absolute atomic E-state index is 0.126. The second-order valence-electron chi connectivity index (χ2n) is 9.48. The highest BCUT2D eigenvalue weighted by Gasteiger charge is 2.28. The van der Waals surface area contributed by atoms with Gasteiger partial charge < -0.3 is 10.2 Å². The van der Waals surface area contributed by atoms with Crippen LogP contribution in [0, 0.1) is 5.92 Å². The van der Waals surface area contributed by atoms with Crippen LogP contribution in [0.15, 0.2) is 39.6 Å². The molecule has 7 nitrogen and oxygen atoms in total. The van der Waals surface area contributed by atoms with Crippen LogP contribution in [-0.4, -0.2) is 55.2 Å². The molecule has 35 heavy (non-hydrogen) atoms. The zero-order valence-electron chi connectivity index (χ0n) is 20.1. The smallest absolute Gasteiger partial charge is 0.233 e. The fraction of sp³-hybridized carbons (Fsp3) is 0.560. The van der Waals surface area contributed by atoms with Crippen LogP contribution in [-0.2, 0) is 19.4 Å². The predicted molar refractivity (Wildman–Crippen MR) is 141 cm³/mol. The van der Waals surface area contributed by atoms with Crippen LogP contribution < -0.4 is 5.32 Å². The molecule has 1 aliphatic heterocycles. The molecule has 2 aromatic rings. The van der Waals surface area contributed by atoms with E-state index in [1.54, 1.807) is 30.5 Å². The summed E-state index contributed by atoms with van der Waals surface area (Å²) in [6, 6.07) is 6.67. The van der Waals surface area contributed by atoms with E-state index in [-0.39, 0.29) is 22.6 Å². The monoisotopic (exact) mass is 535 g/mol. The standard InChI is InChI=1S/C25H33N3O4S3/c1-35(31,32)20-11-9-19(10-12-20)21(15-18-7-3-4-8-18)24(30)27-25-26-16-23(34-25)33-17-22(29)28-13-5-2-6-14-28/h9-12,16,18,21H,2-8,13-15,17H2,1H3,(H,26,27,30)/t21-/m1/s1. The van der Waals surface area contributed by atoms with E-state index in [1.807, 2.05) is 4.90 Å². The highest BCUT2D eigenvalue weighted by molar-refractivity contribution is 8.01. The first kappa shape index (κ1) is 26.2. The number of likely N-dealkylation sites (tertiary alicyclic amines) is 1. The van der Waals surface area contributed by atoms with E-state index in [0.717, 1.165) is 55.0 Å². The number of thioether (sulfide) groups is 1. The Morgan fingerprint density at radius 3 is 2.46 bits per heavy atom. The molecule has 0 radical (unpaired) electrons. The Labute approximate surface area is 216 Å². The Balaban J connectivity index is 1.40. The molecule has 0 spiro atoms. The number of sulfone groups is 1. The molecule has 2 fully saturated rings. The topological polar surface area (TPSA) is 96.4 Å².